The number of rotatable bonds is 22. The molecule has 0 aliphatic carbocycles. The van der Waals surface area contributed by atoms with E-state index in [1.54, 1.807) is 121 Å². The van der Waals surface area contributed by atoms with Crippen LogP contribution < -0.4 is 48.3 Å². The van der Waals surface area contributed by atoms with Crippen molar-refractivity contribution in [1.29, 1.82) is 0 Å². The SMILES string of the molecule is COC(=O)C(C)(C)NC(=O)/C(=C\c1ccccc1)NC(=O)C(C)(C)NC(=O)/C(=C\c1ccccc1)NC(=O)C(C)(C)NC(=O)/C(=C\c1ccccc1)NC(=O)C(C)(C)NC(=O)/C(=C/c1ccccc1)NC(=O)CCN. The fourth-order valence-electron chi connectivity index (χ4n) is 6.56. The molecule has 8 amide bonds. The number of ether oxygens (including phenoxy) is 1. The zero-order valence-corrected chi connectivity index (χ0v) is 43.4. The highest BCUT2D eigenvalue weighted by Gasteiger charge is 2.38. The molecule has 0 aliphatic heterocycles. The van der Waals surface area contributed by atoms with Gasteiger partial charge in [-0.3, -0.25) is 38.4 Å². The summed E-state index contributed by atoms with van der Waals surface area (Å²) in [6.07, 6.45) is 5.45. The lowest BCUT2D eigenvalue weighted by Crippen LogP contribution is -2.60. The minimum absolute atomic E-state index is 0.0249. The molecule has 394 valence electrons. The van der Waals surface area contributed by atoms with Crippen molar-refractivity contribution in [3.8, 4) is 0 Å². The van der Waals surface area contributed by atoms with E-state index in [9.17, 15) is 43.2 Å². The van der Waals surface area contributed by atoms with Crippen molar-refractivity contribution in [3.05, 3.63) is 166 Å². The summed E-state index contributed by atoms with van der Waals surface area (Å²) >= 11 is 0. The standard InChI is InChI=1S/C56H65N9O10/c1-53(2,62-45(67)40(58-44(66)30-31-57)32-36-22-14-10-15-23-36)49(71)59-41(33-37-24-16-11-17-25-37)46(68)63-54(3,4)50(72)60-42(34-38-26-18-12-19-27-38)47(69)64-55(5,6)51(73)61-43(35-39-28-20-13-21-29-39)48(70)65-56(7,8)52(74)75-9/h10-29,32-35H,30-31,57H2,1-9H3,(H,58,66)(H,59,71)(H,60,72)(H,61,73)(H,62,67)(H,63,68)(H,64,69)(H,65,70)/b40-32-,41-33+,42-34+,43-35+. The van der Waals surface area contributed by atoms with Gasteiger partial charge in [0.25, 0.3) is 23.6 Å². The molecule has 0 aromatic heterocycles. The van der Waals surface area contributed by atoms with E-state index in [2.05, 4.69) is 42.5 Å². The Morgan fingerprint density at radius 1 is 0.400 bits per heavy atom. The number of hydrogen-bond acceptors (Lipinski definition) is 11. The minimum atomic E-state index is -1.83. The average molecular weight is 1020 g/mol. The second kappa shape index (κ2) is 26.1. The van der Waals surface area contributed by atoms with Gasteiger partial charge in [-0.2, -0.15) is 0 Å². The number of nitrogens with two attached hydrogens (primary N) is 1. The topological polar surface area (TPSA) is 285 Å². The largest absolute Gasteiger partial charge is 0.467 e. The van der Waals surface area contributed by atoms with Crippen molar-refractivity contribution in [3.63, 3.8) is 0 Å². The molecular formula is C56H65N9O10. The maximum atomic E-state index is 14.3. The van der Waals surface area contributed by atoms with Gasteiger partial charge in [0.15, 0.2) is 0 Å². The van der Waals surface area contributed by atoms with E-state index in [4.69, 9.17) is 10.5 Å². The molecule has 0 heterocycles. The summed E-state index contributed by atoms with van der Waals surface area (Å²) in [5.74, 6) is -7.43. The zero-order chi connectivity index (χ0) is 55.6. The number of esters is 1. The number of nitrogens with one attached hydrogen (secondary N) is 8. The molecule has 0 bridgehead atoms. The van der Waals surface area contributed by atoms with E-state index in [0.29, 0.717) is 22.3 Å². The van der Waals surface area contributed by atoms with Crippen molar-refractivity contribution in [2.45, 2.75) is 84.0 Å². The number of carbonyl (C=O) groups is 9. The summed E-state index contributed by atoms with van der Waals surface area (Å²) in [6, 6.07) is 34.2. The third-order valence-electron chi connectivity index (χ3n) is 10.9. The van der Waals surface area contributed by atoms with Gasteiger partial charge in [-0.15, -0.1) is 0 Å². The fourth-order valence-corrected chi connectivity index (χ4v) is 6.56. The summed E-state index contributed by atoms with van der Waals surface area (Å²) in [4.78, 5) is 123. The van der Waals surface area contributed by atoms with Crippen molar-refractivity contribution in [2.24, 2.45) is 5.73 Å². The van der Waals surface area contributed by atoms with Gasteiger partial charge in [0.2, 0.25) is 23.6 Å². The normalized spacial score (nSPS) is 12.5. The number of carbonyl (C=O) groups excluding carboxylic acids is 9. The molecule has 19 nitrogen and oxygen atoms in total. The molecule has 0 aliphatic rings. The molecule has 0 unspecified atom stereocenters. The Bertz CT molecular complexity index is 2870. The van der Waals surface area contributed by atoms with Crippen LogP contribution in [0.1, 0.15) is 84.1 Å². The Kier molecular flexibility index (Phi) is 20.4. The second-order valence-electron chi connectivity index (χ2n) is 19.1. The van der Waals surface area contributed by atoms with Crippen LogP contribution in [0.5, 0.6) is 0 Å². The van der Waals surface area contributed by atoms with Crippen LogP contribution >= 0.6 is 0 Å². The van der Waals surface area contributed by atoms with Crippen molar-refractivity contribution < 1.29 is 47.9 Å². The number of amides is 8. The predicted octanol–water partition coefficient (Wildman–Crippen LogP) is 3.72. The first-order chi connectivity index (χ1) is 35.3. The quantitative estimate of drug-likeness (QED) is 0.0404. The molecule has 75 heavy (non-hydrogen) atoms. The number of benzene rings is 4. The molecule has 10 N–H and O–H groups in total. The molecule has 0 saturated heterocycles. The first-order valence-electron chi connectivity index (χ1n) is 23.7. The highest BCUT2D eigenvalue weighted by Crippen LogP contribution is 2.17. The van der Waals surface area contributed by atoms with E-state index in [0.717, 1.165) is 0 Å². The predicted molar refractivity (Wildman–Crippen MR) is 285 cm³/mol. The maximum absolute atomic E-state index is 14.3. The van der Waals surface area contributed by atoms with E-state index >= 15 is 0 Å². The fraction of sp³-hybridized carbons (Fsp3) is 0.268. The highest BCUT2D eigenvalue weighted by atomic mass is 16.5. The lowest BCUT2D eigenvalue weighted by atomic mass is 10.0. The summed E-state index contributed by atoms with van der Waals surface area (Å²) < 4.78 is 4.82. The van der Waals surface area contributed by atoms with Gasteiger partial charge >= 0.3 is 5.97 Å². The summed E-state index contributed by atoms with van der Waals surface area (Å²) in [7, 11) is 1.17. The molecule has 0 atom stereocenters. The van der Waals surface area contributed by atoms with Crippen LogP contribution in [0.2, 0.25) is 0 Å². The first-order valence-corrected chi connectivity index (χ1v) is 23.7. The maximum Gasteiger partial charge on any atom is 0.330 e. The summed E-state index contributed by atoms with van der Waals surface area (Å²) in [5.41, 5.74) is -0.338. The van der Waals surface area contributed by atoms with Gasteiger partial charge in [-0.1, -0.05) is 121 Å². The number of methoxy groups -OCH3 is 1. The molecule has 19 heteroatoms. The Morgan fingerprint density at radius 3 is 0.880 bits per heavy atom. The monoisotopic (exact) mass is 1020 g/mol. The molecule has 0 saturated carbocycles. The molecule has 4 aromatic rings. The van der Waals surface area contributed by atoms with Crippen molar-refractivity contribution >= 4 is 77.5 Å². The van der Waals surface area contributed by atoms with Gasteiger partial charge in [-0.25, -0.2) is 4.79 Å². The molecular weight excluding hydrogens is 959 g/mol. The summed E-state index contributed by atoms with van der Waals surface area (Å²) in [5, 5.41) is 20.7. The Hall–Kier alpha value is -8.97. The van der Waals surface area contributed by atoms with Crippen LogP contribution in [0.25, 0.3) is 24.3 Å². The summed E-state index contributed by atoms with van der Waals surface area (Å²) in [6.45, 7) is 11.1. The molecule has 0 spiro atoms. The van der Waals surface area contributed by atoms with Gasteiger partial charge < -0.3 is 53.0 Å². The smallest absolute Gasteiger partial charge is 0.330 e. The number of hydrogen-bond donors (Lipinski definition) is 9. The van der Waals surface area contributed by atoms with E-state index in [1.165, 1.54) is 86.8 Å². The molecule has 4 rings (SSSR count). The van der Waals surface area contributed by atoms with Crippen LogP contribution in [-0.4, -0.2) is 89.0 Å². The highest BCUT2D eigenvalue weighted by molar-refractivity contribution is 6.10. The lowest BCUT2D eigenvalue weighted by Gasteiger charge is -2.30. The molecule has 0 radical (unpaired) electrons. The van der Waals surface area contributed by atoms with Crippen LogP contribution in [-0.2, 0) is 47.9 Å². The van der Waals surface area contributed by atoms with Gasteiger partial charge in [0, 0.05) is 13.0 Å². The van der Waals surface area contributed by atoms with Crippen LogP contribution in [0.15, 0.2) is 144 Å². The van der Waals surface area contributed by atoms with Gasteiger partial charge in [-0.05, 0) is 102 Å². The Balaban J connectivity index is 1.59. The lowest BCUT2D eigenvalue weighted by molar-refractivity contribution is -0.149. The van der Waals surface area contributed by atoms with E-state index in [1.807, 2.05) is 0 Å². The van der Waals surface area contributed by atoms with Gasteiger partial charge in [0.1, 0.15) is 44.9 Å². The first kappa shape index (κ1) is 58.6. The second-order valence-corrected chi connectivity index (χ2v) is 19.1. The third-order valence-corrected chi connectivity index (χ3v) is 10.9. The van der Waals surface area contributed by atoms with E-state index < -0.39 is 75.4 Å². The average Bonchev–Trinajstić information content (AvgIpc) is 3.35. The van der Waals surface area contributed by atoms with E-state index in [-0.39, 0.29) is 35.8 Å². The zero-order valence-electron chi connectivity index (χ0n) is 43.4. The van der Waals surface area contributed by atoms with Crippen LogP contribution in [0, 0.1) is 0 Å². The van der Waals surface area contributed by atoms with Crippen molar-refractivity contribution in [1.82, 2.24) is 42.5 Å². The Morgan fingerprint density at radius 2 is 0.640 bits per heavy atom. The Labute approximate surface area is 436 Å². The van der Waals surface area contributed by atoms with Gasteiger partial charge in [0.05, 0.1) is 7.11 Å². The minimum Gasteiger partial charge on any atom is -0.467 e. The third kappa shape index (κ3) is 17.9. The molecule has 4 aromatic carbocycles. The van der Waals surface area contributed by atoms with Crippen molar-refractivity contribution in [2.75, 3.05) is 13.7 Å². The van der Waals surface area contributed by atoms with Crippen LogP contribution in [0.3, 0.4) is 0 Å². The molecule has 0 fully saturated rings. The van der Waals surface area contributed by atoms with Crippen LogP contribution in [0.4, 0.5) is 0 Å².